The van der Waals surface area contributed by atoms with Crippen LogP contribution in [0.3, 0.4) is 0 Å². The van der Waals surface area contributed by atoms with Gasteiger partial charge >= 0.3 is 0 Å². The monoisotopic (exact) mass is 528 g/mol. The molecule has 4 rings (SSSR count). The van der Waals surface area contributed by atoms with E-state index in [1.165, 1.54) is 33.0 Å². The molecule has 0 radical (unpaired) electrons. The molecule has 4 heterocycles. The van der Waals surface area contributed by atoms with Crippen LogP contribution < -0.4 is 11.1 Å². The van der Waals surface area contributed by atoms with Gasteiger partial charge in [0.15, 0.2) is 0 Å². The Kier molecular flexibility index (Phi) is 5.91. The predicted molar refractivity (Wildman–Crippen MR) is 128 cm³/mol. The molecule has 0 aromatic carbocycles. The molecule has 3 atom stereocenters. The third-order valence-corrected chi connectivity index (χ3v) is 10.3. The minimum Gasteiger partial charge on any atom is -0.386 e. The first-order valence-electron chi connectivity index (χ1n) is 10.7. The van der Waals surface area contributed by atoms with Crippen LogP contribution in [0.25, 0.3) is 0 Å². The summed E-state index contributed by atoms with van der Waals surface area (Å²) in [7, 11) is -3.42. The van der Waals surface area contributed by atoms with Crippen molar-refractivity contribution in [2.24, 2.45) is 15.1 Å². The highest BCUT2D eigenvalue weighted by Gasteiger charge is 2.60. The lowest BCUT2D eigenvalue weighted by Gasteiger charge is -2.48. The molecule has 0 aliphatic carbocycles. The van der Waals surface area contributed by atoms with Crippen molar-refractivity contribution in [1.82, 2.24) is 9.97 Å². The lowest BCUT2D eigenvalue weighted by molar-refractivity contribution is -0.00686. The average molecular weight is 529 g/mol. The van der Waals surface area contributed by atoms with E-state index in [1.807, 2.05) is 0 Å². The fourth-order valence-electron chi connectivity index (χ4n) is 4.39. The van der Waals surface area contributed by atoms with Gasteiger partial charge in [0, 0.05) is 12.6 Å². The van der Waals surface area contributed by atoms with E-state index in [0.717, 1.165) is 6.07 Å². The number of pyridine rings is 2. The number of hydrogen-bond donors (Lipinski definition) is 2. The summed E-state index contributed by atoms with van der Waals surface area (Å²) in [6.45, 7) is 5.13. The van der Waals surface area contributed by atoms with Crippen molar-refractivity contribution in [3.63, 3.8) is 0 Å². The molecule has 0 fully saturated rings. The number of fused-ring (bicyclic) bond motifs is 1. The van der Waals surface area contributed by atoms with E-state index in [4.69, 9.17) is 17.3 Å². The fraction of sp³-hybridized carbons (Fsp3) is 0.455. The number of nitrogens with one attached hydrogen (secondary N) is 1. The number of aliphatic imine (C=N–C) groups is 1. The number of carbonyl (C=O) groups excluding carboxylic acids is 1. The van der Waals surface area contributed by atoms with Crippen LogP contribution in [-0.4, -0.2) is 48.4 Å². The lowest BCUT2D eigenvalue weighted by Crippen LogP contribution is -2.62. The van der Waals surface area contributed by atoms with Crippen molar-refractivity contribution in [2.75, 3.05) is 11.9 Å². The van der Waals surface area contributed by atoms with Gasteiger partial charge in [0.25, 0.3) is 11.8 Å². The number of carbonyl (C=O) groups is 1. The molecule has 0 unspecified atom stereocenters. The Balaban J connectivity index is 1.82. The van der Waals surface area contributed by atoms with Crippen LogP contribution in [0.15, 0.2) is 33.8 Å². The van der Waals surface area contributed by atoms with Gasteiger partial charge in [-0.2, -0.15) is 0 Å². The first-order chi connectivity index (χ1) is 16.1. The van der Waals surface area contributed by atoms with Gasteiger partial charge in [-0.25, -0.2) is 31.7 Å². The highest BCUT2D eigenvalue weighted by atomic mass is 35.5. The summed E-state index contributed by atoms with van der Waals surface area (Å²) in [6, 6.07) is 3.79. The van der Waals surface area contributed by atoms with Crippen LogP contribution in [0, 0.1) is 12.7 Å². The number of anilines is 1. The molecule has 35 heavy (non-hydrogen) atoms. The summed E-state index contributed by atoms with van der Waals surface area (Å²) in [6.07, 6.45) is 0.469. The van der Waals surface area contributed by atoms with E-state index in [0.29, 0.717) is 10.6 Å². The molecule has 0 spiro atoms. The van der Waals surface area contributed by atoms with Gasteiger partial charge in [-0.15, -0.1) is 0 Å². The minimum absolute atomic E-state index is 0.0729. The van der Waals surface area contributed by atoms with E-state index >= 15 is 4.39 Å². The minimum atomic E-state index is -3.42. The summed E-state index contributed by atoms with van der Waals surface area (Å²) in [4.78, 5) is 25.3. The second-order valence-electron chi connectivity index (χ2n) is 9.36. The van der Waals surface area contributed by atoms with Crippen molar-refractivity contribution in [2.45, 2.75) is 55.6 Å². The van der Waals surface area contributed by atoms with E-state index in [2.05, 4.69) is 24.6 Å². The fourth-order valence-corrected chi connectivity index (χ4v) is 7.80. The molecule has 188 valence electrons. The Bertz CT molecular complexity index is 1390. The maximum Gasteiger partial charge on any atom is 0.275 e. The van der Waals surface area contributed by atoms with Gasteiger partial charge < -0.3 is 11.1 Å². The number of nitrogens with two attached hydrogens (primary N) is 1. The number of rotatable bonds is 3. The molecular formula is C22H24ClF3N6O2S. The van der Waals surface area contributed by atoms with Gasteiger partial charge in [0.1, 0.15) is 45.7 Å². The Hall–Kier alpha value is -2.73. The molecule has 1 amide bonds. The molecule has 13 heteroatoms. The zero-order valence-electron chi connectivity index (χ0n) is 19.4. The smallest absolute Gasteiger partial charge is 0.275 e. The van der Waals surface area contributed by atoms with E-state index in [9.17, 15) is 17.8 Å². The lowest BCUT2D eigenvalue weighted by atomic mass is 9.88. The van der Waals surface area contributed by atoms with Gasteiger partial charge in [-0.05, 0) is 51.5 Å². The van der Waals surface area contributed by atoms with Gasteiger partial charge in [0.2, 0.25) is 0 Å². The second-order valence-corrected chi connectivity index (χ2v) is 12.8. The van der Waals surface area contributed by atoms with Crippen molar-refractivity contribution < 1.29 is 22.2 Å². The summed E-state index contributed by atoms with van der Waals surface area (Å²) >= 11 is 5.88. The second kappa shape index (κ2) is 8.16. The highest BCUT2D eigenvalue weighted by Crippen LogP contribution is 2.49. The number of hydrogen-bond acceptors (Lipinski definition) is 7. The first-order valence-corrected chi connectivity index (χ1v) is 12.6. The predicted octanol–water partition coefficient (Wildman–Crippen LogP) is 4.07. The van der Waals surface area contributed by atoms with Gasteiger partial charge in [0.05, 0.1) is 20.0 Å². The number of alkyl halides is 2. The third kappa shape index (κ3) is 4.06. The van der Waals surface area contributed by atoms with Crippen molar-refractivity contribution >= 4 is 38.9 Å². The third-order valence-electron chi connectivity index (χ3n) is 6.51. The maximum atomic E-state index is 15.1. The Morgan fingerprint density at radius 3 is 2.63 bits per heavy atom. The molecule has 8 nitrogen and oxygen atoms in total. The maximum absolute atomic E-state index is 15.1. The van der Waals surface area contributed by atoms with Crippen LogP contribution in [0.1, 0.15) is 48.9 Å². The molecule has 3 N–H and O–H groups in total. The Morgan fingerprint density at radius 1 is 1.29 bits per heavy atom. The molecule has 0 saturated heterocycles. The van der Waals surface area contributed by atoms with E-state index in [-0.39, 0.29) is 23.0 Å². The molecule has 0 saturated carbocycles. The van der Waals surface area contributed by atoms with Crippen molar-refractivity contribution in [3.8, 4) is 0 Å². The Morgan fingerprint density at radius 2 is 1.97 bits per heavy atom. The largest absolute Gasteiger partial charge is 0.386 e. The molecular weight excluding hydrogens is 505 g/mol. The van der Waals surface area contributed by atoms with Gasteiger partial charge in [-0.3, -0.25) is 9.79 Å². The topological polar surface area (TPSA) is 123 Å². The summed E-state index contributed by atoms with van der Waals surface area (Å²) in [5, 5.41) is 1.49. The number of amides is 1. The molecule has 2 aromatic heterocycles. The number of halogens is 4. The van der Waals surface area contributed by atoms with E-state index < -0.39 is 55.9 Å². The van der Waals surface area contributed by atoms with Crippen LogP contribution in [0.5, 0.6) is 0 Å². The zero-order chi connectivity index (χ0) is 26.0. The summed E-state index contributed by atoms with van der Waals surface area (Å²) in [5.74, 6) is -4.95. The number of nitrogens with zero attached hydrogens (tertiary/aromatic N) is 4. The molecule has 0 bridgehead atoms. The molecule has 2 aliphatic rings. The van der Waals surface area contributed by atoms with Crippen LogP contribution >= 0.6 is 11.6 Å². The van der Waals surface area contributed by atoms with Crippen molar-refractivity contribution in [1.29, 1.82) is 0 Å². The number of aryl methyl sites for hydroxylation is 1. The van der Waals surface area contributed by atoms with Crippen LogP contribution in [-0.2, 0) is 15.3 Å². The number of aromatic nitrogens is 2. The normalized spacial score (nSPS) is 28.9. The summed E-state index contributed by atoms with van der Waals surface area (Å²) in [5.41, 5.74) is 4.51. The summed E-state index contributed by atoms with van der Waals surface area (Å²) < 4.78 is 60.7. The zero-order valence-corrected chi connectivity index (χ0v) is 21.0. The standard InChI is InChI=1S/C22H24ClF3N6O2S/c1-11-7-12(23)9-28-16(11)18(33)31-15-6-5-13(24)17(30-15)21(4)14-8-22(25,26)10-29-35(14,34)20(2,3)19(27)32-21/h5-7,9,14H,8,10H2,1-4H3,(H2,27,32)(H,30,31,33)/t14-,21+,35-/m1/s1. The number of amidine groups is 1. The van der Waals surface area contributed by atoms with E-state index in [1.54, 1.807) is 13.0 Å². The van der Waals surface area contributed by atoms with Crippen LogP contribution in [0.2, 0.25) is 5.02 Å². The quantitative estimate of drug-likeness (QED) is 0.621. The van der Waals surface area contributed by atoms with Crippen molar-refractivity contribution in [3.05, 3.63) is 52.2 Å². The highest BCUT2D eigenvalue weighted by molar-refractivity contribution is 7.96. The SMILES string of the molecule is Cc1cc(Cl)cnc1C(=O)Nc1ccc(F)c([C@@]2(C)N=C(N)C(C)(C)[S@@]3(=O)=NCC(F)(F)C[C@H]23)n1. The first kappa shape index (κ1) is 25.4. The molecule has 2 aliphatic heterocycles. The van der Waals surface area contributed by atoms with Gasteiger partial charge in [-0.1, -0.05) is 11.6 Å². The average Bonchev–Trinajstić information content (AvgIpc) is 2.75. The Labute approximate surface area is 205 Å². The molecule has 2 aromatic rings. The van der Waals surface area contributed by atoms with Crippen LogP contribution in [0.4, 0.5) is 19.0 Å².